The summed E-state index contributed by atoms with van der Waals surface area (Å²) in [6.45, 7) is 9.68. The Hall–Kier alpha value is -1.33. The van der Waals surface area contributed by atoms with Gasteiger partial charge in [-0.05, 0) is 49.4 Å². The molecule has 0 radical (unpaired) electrons. The highest BCUT2D eigenvalue weighted by Crippen LogP contribution is 2.20. The van der Waals surface area contributed by atoms with E-state index in [0.29, 0.717) is 0 Å². The number of aryl methyl sites for hydroxylation is 1. The van der Waals surface area contributed by atoms with Crippen LogP contribution in [0.4, 0.5) is 0 Å². The summed E-state index contributed by atoms with van der Waals surface area (Å²) >= 11 is 0. The lowest BCUT2D eigenvalue weighted by molar-refractivity contribution is 0.288. The molecule has 0 spiro atoms. The average molecular weight is 244 g/mol. The Labute approximate surface area is 111 Å². The van der Waals surface area contributed by atoms with Crippen LogP contribution in [0, 0.1) is 18.3 Å². The third-order valence-corrected chi connectivity index (χ3v) is 4.16. The maximum Gasteiger partial charge on any atom is 0.0991 e. The van der Waals surface area contributed by atoms with Crippen LogP contribution in [0.1, 0.15) is 56.7 Å². The molecule has 1 N–H and O–H groups in total. The normalized spacial score (nSPS) is 11.3. The van der Waals surface area contributed by atoms with Gasteiger partial charge in [-0.2, -0.15) is 5.26 Å². The fraction of sp³-hybridized carbons (Fsp3) is 0.562. The second-order valence-corrected chi connectivity index (χ2v) is 4.95. The molecule has 0 aromatic heterocycles. The van der Waals surface area contributed by atoms with E-state index in [1.54, 1.807) is 0 Å². The first-order valence-corrected chi connectivity index (χ1v) is 6.85. The van der Waals surface area contributed by atoms with Crippen LogP contribution in [-0.4, -0.2) is 5.54 Å². The van der Waals surface area contributed by atoms with Gasteiger partial charge in [0.25, 0.3) is 0 Å². The van der Waals surface area contributed by atoms with Crippen LogP contribution in [-0.2, 0) is 6.54 Å². The van der Waals surface area contributed by atoms with E-state index < -0.39 is 0 Å². The second kappa shape index (κ2) is 6.56. The van der Waals surface area contributed by atoms with E-state index in [-0.39, 0.29) is 5.54 Å². The maximum atomic E-state index is 8.86. The molecule has 18 heavy (non-hydrogen) atoms. The highest BCUT2D eigenvalue weighted by Gasteiger charge is 2.22. The minimum atomic E-state index is 0.250. The number of rotatable bonds is 6. The number of nitriles is 1. The Morgan fingerprint density at radius 3 is 2.22 bits per heavy atom. The standard InChI is InChI=1S/C16H24N2/c1-5-16(6-2,7-3)18-12-15-9-8-14(11-17)10-13(15)4/h8-10,18H,5-7,12H2,1-4H3. The third kappa shape index (κ3) is 3.34. The molecular weight excluding hydrogens is 220 g/mol. The number of nitrogens with zero attached hydrogens (tertiary/aromatic N) is 1. The van der Waals surface area contributed by atoms with E-state index in [0.717, 1.165) is 31.4 Å². The Morgan fingerprint density at radius 1 is 1.17 bits per heavy atom. The summed E-state index contributed by atoms with van der Waals surface area (Å²) in [6.07, 6.45) is 3.44. The number of hydrogen-bond donors (Lipinski definition) is 1. The van der Waals surface area contributed by atoms with Crippen molar-refractivity contribution >= 4 is 0 Å². The average Bonchev–Trinajstić information content (AvgIpc) is 2.42. The summed E-state index contributed by atoms with van der Waals surface area (Å²) in [4.78, 5) is 0. The van der Waals surface area contributed by atoms with Gasteiger partial charge in [0.1, 0.15) is 0 Å². The fourth-order valence-corrected chi connectivity index (χ4v) is 2.37. The molecule has 0 saturated carbocycles. The van der Waals surface area contributed by atoms with Crippen LogP contribution in [0.25, 0.3) is 0 Å². The number of hydrogen-bond acceptors (Lipinski definition) is 2. The predicted molar refractivity (Wildman–Crippen MR) is 76.3 cm³/mol. The largest absolute Gasteiger partial charge is 0.307 e. The van der Waals surface area contributed by atoms with E-state index in [2.05, 4.69) is 45.1 Å². The molecule has 1 aromatic rings. The summed E-state index contributed by atoms with van der Waals surface area (Å²) in [5.74, 6) is 0. The first-order valence-electron chi connectivity index (χ1n) is 6.85. The van der Waals surface area contributed by atoms with Crippen molar-refractivity contribution in [3.63, 3.8) is 0 Å². The predicted octanol–water partition coefficient (Wildman–Crippen LogP) is 3.93. The zero-order valence-corrected chi connectivity index (χ0v) is 12.0. The van der Waals surface area contributed by atoms with Crippen LogP contribution in [0.5, 0.6) is 0 Å². The van der Waals surface area contributed by atoms with Gasteiger partial charge in [0, 0.05) is 12.1 Å². The van der Waals surface area contributed by atoms with Gasteiger partial charge >= 0.3 is 0 Å². The van der Waals surface area contributed by atoms with Crippen LogP contribution in [0.3, 0.4) is 0 Å². The quantitative estimate of drug-likeness (QED) is 0.823. The van der Waals surface area contributed by atoms with Crippen molar-refractivity contribution in [2.45, 2.75) is 59.0 Å². The van der Waals surface area contributed by atoms with Crippen molar-refractivity contribution in [3.05, 3.63) is 34.9 Å². The van der Waals surface area contributed by atoms with E-state index in [9.17, 15) is 0 Å². The summed E-state index contributed by atoms with van der Waals surface area (Å²) in [5, 5.41) is 12.6. The number of nitrogens with one attached hydrogen (secondary N) is 1. The molecule has 0 bridgehead atoms. The van der Waals surface area contributed by atoms with Crippen molar-refractivity contribution in [3.8, 4) is 6.07 Å². The molecule has 2 heteroatoms. The molecule has 0 aliphatic carbocycles. The van der Waals surface area contributed by atoms with E-state index in [1.807, 2.05) is 12.1 Å². The molecule has 0 aliphatic rings. The minimum Gasteiger partial charge on any atom is -0.307 e. The highest BCUT2D eigenvalue weighted by molar-refractivity contribution is 5.37. The SMILES string of the molecule is CCC(CC)(CC)NCc1ccc(C#N)cc1C. The van der Waals surface area contributed by atoms with E-state index in [4.69, 9.17) is 5.26 Å². The van der Waals surface area contributed by atoms with Crippen LogP contribution < -0.4 is 5.32 Å². The number of benzene rings is 1. The minimum absolute atomic E-state index is 0.250. The van der Waals surface area contributed by atoms with Crippen molar-refractivity contribution in [1.29, 1.82) is 5.26 Å². The highest BCUT2D eigenvalue weighted by atomic mass is 15.0. The summed E-state index contributed by atoms with van der Waals surface area (Å²) in [7, 11) is 0. The molecule has 1 rings (SSSR count). The Bertz CT molecular complexity index is 417. The van der Waals surface area contributed by atoms with Gasteiger partial charge in [0.05, 0.1) is 11.6 Å². The van der Waals surface area contributed by atoms with E-state index in [1.165, 1.54) is 11.1 Å². The Balaban J connectivity index is 2.77. The van der Waals surface area contributed by atoms with Gasteiger partial charge in [-0.1, -0.05) is 26.8 Å². The molecule has 0 aliphatic heterocycles. The van der Waals surface area contributed by atoms with Crippen LogP contribution >= 0.6 is 0 Å². The first-order chi connectivity index (χ1) is 8.60. The molecule has 0 amide bonds. The van der Waals surface area contributed by atoms with Crippen molar-refractivity contribution < 1.29 is 0 Å². The zero-order valence-electron chi connectivity index (χ0n) is 12.0. The summed E-state index contributed by atoms with van der Waals surface area (Å²) < 4.78 is 0. The molecule has 0 unspecified atom stereocenters. The fourth-order valence-electron chi connectivity index (χ4n) is 2.37. The second-order valence-electron chi connectivity index (χ2n) is 4.95. The van der Waals surface area contributed by atoms with Gasteiger partial charge in [0.2, 0.25) is 0 Å². The van der Waals surface area contributed by atoms with Crippen molar-refractivity contribution in [2.24, 2.45) is 0 Å². The molecule has 0 saturated heterocycles. The summed E-state index contributed by atoms with van der Waals surface area (Å²) in [6, 6.07) is 8.10. The van der Waals surface area contributed by atoms with Crippen molar-refractivity contribution in [2.75, 3.05) is 0 Å². The van der Waals surface area contributed by atoms with Gasteiger partial charge in [-0.3, -0.25) is 0 Å². The van der Waals surface area contributed by atoms with Gasteiger partial charge < -0.3 is 5.32 Å². The molecule has 0 heterocycles. The smallest absolute Gasteiger partial charge is 0.0991 e. The molecule has 1 aromatic carbocycles. The monoisotopic (exact) mass is 244 g/mol. The first kappa shape index (κ1) is 14.7. The van der Waals surface area contributed by atoms with Gasteiger partial charge in [-0.25, -0.2) is 0 Å². The molecule has 0 atom stereocenters. The molecule has 0 fully saturated rings. The maximum absolute atomic E-state index is 8.86. The zero-order chi connectivity index (χ0) is 13.6. The molecular formula is C16H24N2. The van der Waals surface area contributed by atoms with Crippen LogP contribution in [0.15, 0.2) is 18.2 Å². The molecule has 98 valence electrons. The van der Waals surface area contributed by atoms with Crippen LogP contribution in [0.2, 0.25) is 0 Å². The van der Waals surface area contributed by atoms with Gasteiger partial charge in [-0.15, -0.1) is 0 Å². The Kier molecular flexibility index (Phi) is 5.37. The lowest BCUT2D eigenvalue weighted by Gasteiger charge is -2.32. The Morgan fingerprint density at radius 2 is 1.78 bits per heavy atom. The molecule has 2 nitrogen and oxygen atoms in total. The third-order valence-electron chi connectivity index (χ3n) is 4.16. The van der Waals surface area contributed by atoms with Gasteiger partial charge in [0.15, 0.2) is 0 Å². The van der Waals surface area contributed by atoms with E-state index >= 15 is 0 Å². The lowest BCUT2D eigenvalue weighted by atomic mass is 9.89. The van der Waals surface area contributed by atoms with Crippen molar-refractivity contribution in [1.82, 2.24) is 5.32 Å². The summed E-state index contributed by atoms with van der Waals surface area (Å²) in [5.41, 5.74) is 3.47. The lowest BCUT2D eigenvalue weighted by Crippen LogP contribution is -2.43. The topological polar surface area (TPSA) is 35.8 Å².